The molecule has 0 amide bonds. The molecule has 0 saturated carbocycles. The molecular weight excluding hydrogens is 209 g/mol. The van der Waals surface area contributed by atoms with Crippen LogP contribution < -0.4 is 0 Å². The van der Waals surface area contributed by atoms with E-state index in [0.29, 0.717) is 12.0 Å². The van der Waals surface area contributed by atoms with Gasteiger partial charge in [-0.25, -0.2) is 9.37 Å². The van der Waals surface area contributed by atoms with Gasteiger partial charge in [0, 0.05) is 37.6 Å². The minimum atomic E-state index is -0.788. The molecule has 0 aliphatic rings. The van der Waals surface area contributed by atoms with E-state index in [1.54, 1.807) is 12.4 Å². The van der Waals surface area contributed by atoms with Gasteiger partial charge in [0.1, 0.15) is 11.6 Å². The van der Waals surface area contributed by atoms with E-state index in [9.17, 15) is 9.50 Å². The van der Waals surface area contributed by atoms with Crippen LogP contribution in [0.15, 0.2) is 30.9 Å². The van der Waals surface area contributed by atoms with E-state index >= 15 is 0 Å². The van der Waals surface area contributed by atoms with Crippen molar-refractivity contribution in [3.05, 3.63) is 48.1 Å². The van der Waals surface area contributed by atoms with E-state index in [0.717, 1.165) is 12.0 Å². The molecule has 0 aliphatic heterocycles. The molecule has 0 bridgehead atoms. The van der Waals surface area contributed by atoms with E-state index in [1.807, 2.05) is 11.6 Å². The molecule has 2 aromatic rings. The van der Waals surface area contributed by atoms with Gasteiger partial charge in [0.25, 0.3) is 0 Å². The Morgan fingerprint density at radius 2 is 2.31 bits per heavy atom. The van der Waals surface area contributed by atoms with Gasteiger partial charge in [0.05, 0.1) is 12.3 Å². The van der Waals surface area contributed by atoms with Crippen LogP contribution in [0, 0.1) is 5.82 Å². The van der Waals surface area contributed by atoms with Gasteiger partial charge in [-0.3, -0.25) is 4.98 Å². The molecule has 0 fully saturated rings. The molecule has 1 N–H and O–H groups in total. The highest BCUT2D eigenvalue weighted by atomic mass is 19.1. The molecule has 16 heavy (non-hydrogen) atoms. The average Bonchev–Trinajstić information content (AvgIpc) is 2.64. The minimum Gasteiger partial charge on any atom is -0.388 e. The highest BCUT2D eigenvalue weighted by Crippen LogP contribution is 2.16. The minimum absolute atomic E-state index is 0.342. The summed E-state index contributed by atoms with van der Waals surface area (Å²) in [4.78, 5) is 7.79. The highest BCUT2D eigenvalue weighted by Gasteiger charge is 2.12. The predicted molar refractivity (Wildman–Crippen MR) is 56.1 cm³/mol. The number of imidazole rings is 1. The quantitative estimate of drug-likeness (QED) is 0.848. The van der Waals surface area contributed by atoms with Crippen LogP contribution in [0.1, 0.15) is 17.5 Å². The first kappa shape index (κ1) is 10.8. The monoisotopic (exact) mass is 221 g/mol. The van der Waals surface area contributed by atoms with Crippen molar-refractivity contribution in [1.82, 2.24) is 14.5 Å². The molecule has 84 valence electrons. The van der Waals surface area contributed by atoms with E-state index < -0.39 is 11.9 Å². The standard InChI is InChI=1S/C11H12FN3O/c1-15-3-2-14-11(15)5-10(16)8-4-9(12)7-13-6-8/h2-4,6-7,10,16H,5H2,1H3. The first-order valence-electron chi connectivity index (χ1n) is 4.91. The van der Waals surface area contributed by atoms with Gasteiger partial charge in [-0.1, -0.05) is 0 Å². The summed E-state index contributed by atoms with van der Waals surface area (Å²) in [6, 6.07) is 1.28. The van der Waals surface area contributed by atoms with Crippen molar-refractivity contribution in [2.45, 2.75) is 12.5 Å². The summed E-state index contributed by atoms with van der Waals surface area (Å²) in [5.41, 5.74) is 0.461. The maximum absolute atomic E-state index is 12.9. The molecule has 1 unspecified atom stereocenters. The second-order valence-electron chi connectivity index (χ2n) is 3.61. The fraction of sp³-hybridized carbons (Fsp3) is 0.273. The number of aromatic nitrogens is 3. The van der Waals surface area contributed by atoms with Crippen molar-refractivity contribution in [1.29, 1.82) is 0 Å². The number of hydrogen-bond donors (Lipinski definition) is 1. The summed E-state index contributed by atoms with van der Waals surface area (Å²) >= 11 is 0. The summed E-state index contributed by atoms with van der Waals surface area (Å²) in [6.07, 6.45) is 5.57. The number of aryl methyl sites for hydroxylation is 1. The van der Waals surface area contributed by atoms with Crippen molar-refractivity contribution in [2.24, 2.45) is 7.05 Å². The molecule has 5 heteroatoms. The van der Waals surface area contributed by atoms with Gasteiger partial charge in [-0.15, -0.1) is 0 Å². The van der Waals surface area contributed by atoms with Crippen molar-refractivity contribution >= 4 is 0 Å². The van der Waals surface area contributed by atoms with Crippen LogP contribution in [0.3, 0.4) is 0 Å². The van der Waals surface area contributed by atoms with Gasteiger partial charge >= 0.3 is 0 Å². The lowest BCUT2D eigenvalue weighted by atomic mass is 10.1. The molecule has 4 nitrogen and oxygen atoms in total. The Hall–Kier alpha value is -1.75. The fourth-order valence-corrected chi connectivity index (χ4v) is 1.49. The summed E-state index contributed by atoms with van der Waals surface area (Å²) in [5.74, 6) is 0.299. The fourth-order valence-electron chi connectivity index (χ4n) is 1.49. The summed E-state index contributed by atoms with van der Waals surface area (Å²) in [7, 11) is 1.85. The molecule has 1 atom stereocenters. The Kier molecular flexibility index (Phi) is 2.96. The Labute approximate surface area is 92.4 Å². The molecule has 2 heterocycles. The lowest BCUT2D eigenvalue weighted by Crippen LogP contribution is -2.07. The molecule has 0 saturated heterocycles. The first-order valence-corrected chi connectivity index (χ1v) is 4.91. The Morgan fingerprint density at radius 1 is 1.50 bits per heavy atom. The van der Waals surface area contributed by atoms with Gasteiger partial charge in [-0.05, 0) is 6.07 Å². The van der Waals surface area contributed by atoms with E-state index in [4.69, 9.17) is 0 Å². The van der Waals surface area contributed by atoms with E-state index in [-0.39, 0.29) is 0 Å². The first-order chi connectivity index (χ1) is 7.66. The van der Waals surface area contributed by atoms with Crippen LogP contribution in [-0.2, 0) is 13.5 Å². The number of aliphatic hydroxyl groups is 1. The lowest BCUT2D eigenvalue weighted by molar-refractivity contribution is 0.174. The third-order valence-electron chi connectivity index (χ3n) is 2.41. The molecular formula is C11H12FN3O. The number of pyridine rings is 1. The number of halogens is 1. The van der Waals surface area contributed by atoms with Crippen LogP contribution in [0.25, 0.3) is 0 Å². The van der Waals surface area contributed by atoms with Crippen LogP contribution in [0.4, 0.5) is 4.39 Å². The number of rotatable bonds is 3. The third-order valence-corrected chi connectivity index (χ3v) is 2.41. The van der Waals surface area contributed by atoms with Crippen molar-refractivity contribution in [3.8, 4) is 0 Å². The predicted octanol–water partition coefficient (Wildman–Crippen LogP) is 1.23. The Morgan fingerprint density at radius 3 is 2.94 bits per heavy atom. The summed E-state index contributed by atoms with van der Waals surface area (Å²) < 4.78 is 14.7. The van der Waals surface area contributed by atoms with E-state index in [1.165, 1.54) is 12.3 Å². The van der Waals surface area contributed by atoms with Crippen LogP contribution >= 0.6 is 0 Å². The molecule has 2 rings (SSSR count). The number of hydrogen-bond acceptors (Lipinski definition) is 3. The second-order valence-corrected chi connectivity index (χ2v) is 3.61. The van der Waals surface area contributed by atoms with E-state index in [2.05, 4.69) is 9.97 Å². The zero-order valence-corrected chi connectivity index (χ0v) is 8.84. The zero-order chi connectivity index (χ0) is 11.5. The molecule has 0 spiro atoms. The summed E-state index contributed by atoms with van der Waals surface area (Å²) in [6.45, 7) is 0. The maximum Gasteiger partial charge on any atom is 0.141 e. The van der Waals surface area contributed by atoms with Crippen LogP contribution in [0.2, 0.25) is 0 Å². The van der Waals surface area contributed by atoms with Crippen molar-refractivity contribution in [2.75, 3.05) is 0 Å². The van der Waals surface area contributed by atoms with Crippen molar-refractivity contribution < 1.29 is 9.50 Å². The van der Waals surface area contributed by atoms with Gasteiger partial charge in [-0.2, -0.15) is 0 Å². The SMILES string of the molecule is Cn1ccnc1CC(O)c1cncc(F)c1. The average molecular weight is 221 g/mol. The maximum atomic E-state index is 12.9. The molecule has 2 aromatic heterocycles. The Bertz CT molecular complexity index is 484. The number of nitrogens with zero attached hydrogens (tertiary/aromatic N) is 3. The smallest absolute Gasteiger partial charge is 0.141 e. The highest BCUT2D eigenvalue weighted by molar-refractivity contribution is 5.14. The lowest BCUT2D eigenvalue weighted by Gasteiger charge is -2.10. The normalized spacial score (nSPS) is 12.7. The van der Waals surface area contributed by atoms with Gasteiger partial charge in [0.15, 0.2) is 0 Å². The van der Waals surface area contributed by atoms with Gasteiger partial charge in [0.2, 0.25) is 0 Å². The number of aliphatic hydroxyl groups excluding tert-OH is 1. The Balaban J connectivity index is 2.14. The second kappa shape index (κ2) is 4.40. The van der Waals surface area contributed by atoms with Crippen LogP contribution in [-0.4, -0.2) is 19.6 Å². The van der Waals surface area contributed by atoms with Gasteiger partial charge < -0.3 is 9.67 Å². The summed E-state index contributed by atoms with van der Waals surface area (Å²) in [5, 5.41) is 9.88. The van der Waals surface area contributed by atoms with Crippen LogP contribution in [0.5, 0.6) is 0 Å². The topological polar surface area (TPSA) is 50.9 Å². The molecule has 0 aliphatic carbocycles. The van der Waals surface area contributed by atoms with Crippen molar-refractivity contribution in [3.63, 3.8) is 0 Å². The molecule has 0 aromatic carbocycles. The zero-order valence-electron chi connectivity index (χ0n) is 8.84. The largest absolute Gasteiger partial charge is 0.388 e. The third kappa shape index (κ3) is 2.25. The molecule has 0 radical (unpaired) electrons.